The van der Waals surface area contributed by atoms with Crippen LogP contribution >= 0.6 is 0 Å². The average molecular weight is 177 g/mol. The molecule has 0 atom stereocenters. The predicted octanol–water partition coefficient (Wildman–Crippen LogP) is -0.456. The monoisotopic (exact) mass is 177 g/mol. The van der Waals surface area contributed by atoms with Crippen molar-refractivity contribution in [2.75, 3.05) is 6.26 Å². The SMILES string of the molecule is C=CNN(NC=C)S(C)(=O)=O. The molecule has 0 saturated heterocycles. The zero-order valence-electron chi connectivity index (χ0n) is 6.24. The van der Waals surface area contributed by atoms with Gasteiger partial charge in [-0.3, -0.25) is 10.9 Å². The minimum Gasteiger partial charge on any atom is -0.295 e. The Morgan fingerprint density at radius 2 is 1.64 bits per heavy atom. The summed E-state index contributed by atoms with van der Waals surface area (Å²) in [5.41, 5.74) is 4.70. The van der Waals surface area contributed by atoms with Crippen molar-refractivity contribution in [2.45, 2.75) is 0 Å². The summed E-state index contributed by atoms with van der Waals surface area (Å²) < 4.78 is 22.4. The number of nitrogens with one attached hydrogen (secondary N) is 2. The molecule has 0 bridgehead atoms. The Balaban J connectivity index is 4.33. The molecule has 0 saturated carbocycles. The highest BCUT2D eigenvalue weighted by Gasteiger charge is 2.11. The molecule has 11 heavy (non-hydrogen) atoms. The summed E-state index contributed by atoms with van der Waals surface area (Å²) in [5, 5.41) is 0. The van der Waals surface area contributed by atoms with E-state index in [0.717, 1.165) is 10.8 Å². The largest absolute Gasteiger partial charge is 0.295 e. The molecule has 0 spiro atoms. The molecule has 0 rings (SSSR count). The van der Waals surface area contributed by atoms with Gasteiger partial charge in [-0.15, -0.1) is 0 Å². The van der Waals surface area contributed by atoms with Crippen molar-refractivity contribution in [1.82, 2.24) is 15.4 Å². The maximum atomic E-state index is 10.8. The summed E-state index contributed by atoms with van der Waals surface area (Å²) in [6.07, 6.45) is 3.51. The summed E-state index contributed by atoms with van der Waals surface area (Å²) >= 11 is 0. The van der Waals surface area contributed by atoms with E-state index in [1.807, 2.05) is 0 Å². The van der Waals surface area contributed by atoms with E-state index in [1.165, 1.54) is 12.4 Å². The molecule has 0 aromatic rings. The number of sulfonamides is 1. The molecular weight excluding hydrogens is 166 g/mol. The molecule has 5 nitrogen and oxygen atoms in total. The molecule has 0 fully saturated rings. The van der Waals surface area contributed by atoms with Crippen LogP contribution in [0, 0.1) is 0 Å². The molecule has 6 heteroatoms. The van der Waals surface area contributed by atoms with Gasteiger partial charge >= 0.3 is 0 Å². The van der Waals surface area contributed by atoms with Crippen molar-refractivity contribution in [3.05, 3.63) is 25.6 Å². The van der Waals surface area contributed by atoms with Crippen LogP contribution in [0.4, 0.5) is 0 Å². The van der Waals surface area contributed by atoms with Crippen LogP contribution < -0.4 is 10.9 Å². The number of hydrogen-bond donors (Lipinski definition) is 2. The number of hydrazine groups is 2. The molecule has 0 amide bonds. The molecule has 0 unspecified atom stereocenters. The van der Waals surface area contributed by atoms with Gasteiger partial charge in [0.2, 0.25) is 10.0 Å². The van der Waals surface area contributed by atoms with Crippen LogP contribution in [-0.2, 0) is 10.0 Å². The van der Waals surface area contributed by atoms with Gasteiger partial charge in [-0.25, -0.2) is 8.42 Å². The fourth-order valence-electron chi connectivity index (χ4n) is 0.395. The molecule has 0 aromatic carbocycles. The lowest BCUT2D eigenvalue weighted by Gasteiger charge is -2.17. The van der Waals surface area contributed by atoms with Crippen LogP contribution in [0.5, 0.6) is 0 Å². The van der Waals surface area contributed by atoms with Crippen LogP contribution in [0.1, 0.15) is 0 Å². The average Bonchev–Trinajstić information content (AvgIpc) is 1.85. The van der Waals surface area contributed by atoms with Gasteiger partial charge in [0.05, 0.1) is 6.26 Å². The Labute approximate surface area is 66.4 Å². The highest BCUT2D eigenvalue weighted by atomic mass is 32.2. The second-order valence-electron chi connectivity index (χ2n) is 1.69. The first-order chi connectivity index (χ1) is 5.02. The zero-order chi connectivity index (χ0) is 8.91. The topological polar surface area (TPSA) is 61.4 Å². The minimum atomic E-state index is -3.32. The van der Waals surface area contributed by atoms with Crippen LogP contribution in [0.2, 0.25) is 0 Å². The summed E-state index contributed by atoms with van der Waals surface area (Å²) in [4.78, 5) is 0. The highest BCUT2D eigenvalue weighted by molar-refractivity contribution is 7.88. The lowest BCUT2D eigenvalue weighted by Crippen LogP contribution is -2.46. The summed E-state index contributed by atoms with van der Waals surface area (Å²) in [5.74, 6) is 0. The van der Waals surface area contributed by atoms with Gasteiger partial charge in [0.15, 0.2) is 0 Å². The van der Waals surface area contributed by atoms with E-state index in [-0.39, 0.29) is 0 Å². The Hall–Kier alpha value is -1.01. The molecule has 64 valence electrons. The van der Waals surface area contributed by atoms with Crippen molar-refractivity contribution in [3.8, 4) is 0 Å². The first-order valence-corrected chi connectivity index (χ1v) is 4.61. The second kappa shape index (κ2) is 3.99. The maximum absolute atomic E-state index is 10.8. The van der Waals surface area contributed by atoms with Crippen molar-refractivity contribution in [1.29, 1.82) is 0 Å². The van der Waals surface area contributed by atoms with E-state index in [9.17, 15) is 8.42 Å². The number of nitrogens with zero attached hydrogens (tertiary/aromatic N) is 1. The van der Waals surface area contributed by atoms with Crippen LogP contribution in [-0.4, -0.2) is 19.2 Å². The van der Waals surface area contributed by atoms with Crippen molar-refractivity contribution in [2.24, 2.45) is 0 Å². The highest BCUT2D eigenvalue weighted by Crippen LogP contribution is 1.86. The third kappa shape index (κ3) is 3.64. The van der Waals surface area contributed by atoms with Gasteiger partial charge < -0.3 is 0 Å². The molecule has 0 heterocycles. The van der Waals surface area contributed by atoms with Gasteiger partial charge in [0.25, 0.3) is 0 Å². The first-order valence-electron chi connectivity index (χ1n) is 2.77. The van der Waals surface area contributed by atoms with Gasteiger partial charge in [-0.05, 0) is 4.52 Å². The quantitative estimate of drug-likeness (QED) is 0.558. The molecule has 0 aliphatic carbocycles. The molecule has 2 N–H and O–H groups in total. The van der Waals surface area contributed by atoms with E-state index < -0.39 is 10.0 Å². The fourth-order valence-corrected chi connectivity index (χ4v) is 0.927. The van der Waals surface area contributed by atoms with Gasteiger partial charge in [0.1, 0.15) is 0 Å². The lowest BCUT2D eigenvalue weighted by atomic mass is 11.1. The Morgan fingerprint density at radius 3 is 1.82 bits per heavy atom. The maximum Gasteiger partial charge on any atom is 0.245 e. The van der Waals surface area contributed by atoms with Crippen LogP contribution in [0.15, 0.2) is 25.6 Å². The first kappa shape index (κ1) is 9.99. The predicted molar refractivity (Wildman–Crippen MR) is 43.3 cm³/mol. The summed E-state index contributed by atoms with van der Waals surface area (Å²) in [6, 6.07) is 0. The van der Waals surface area contributed by atoms with Gasteiger partial charge in [-0.2, -0.15) is 0 Å². The fraction of sp³-hybridized carbons (Fsp3) is 0.200. The van der Waals surface area contributed by atoms with Crippen LogP contribution in [0.3, 0.4) is 0 Å². The second-order valence-corrected chi connectivity index (χ2v) is 3.53. The Morgan fingerprint density at radius 1 is 1.27 bits per heavy atom. The smallest absolute Gasteiger partial charge is 0.245 e. The molecule has 0 aliphatic rings. The Bertz CT molecular complexity index is 224. The number of hydrogen-bond acceptors (Lipinski definition) is 4. The van der Waals surface area contributed by atoms with E-state index in [4.69, 9.17) is 0 Å². The van der Waals surface area contributed by atoms with E-state index in [1.54, 1.807) is 0 Å². The van der Waals surface area contributed by atoms with Crippen LogP contribution in [0.25, 0.3) is 0 Å². The van der Waals surface area contributed by atoms with Crippen molar-refractivity contribution in [3.63, 3.8) is 0 Å². The normalized spacial score (nSPS) is 10.7. The van der Waals surface area contributed by atoms with Crippen molar-refractivity contribution >= 4 is 10.0 Å². The van der Waals surface area contributed by atoms with E-state index >= 15 is 0 Å². The van der Waals surface area contributed by atoms with Crippen molar-refractivity contribution < 1.29 is 8.42 Å². The molecular formula is C5H11N3O2S. The standard InChI is InChI=1S/C5H11N3O2S/c1-4-6-8(7-5-2)11(3,9)10/h4-7H,1-2H2,3H3. The van der Waals surface area contributed by atoms with Gasteiger partial charge in [-0.1, -0.05) is 13.2 Å². The summed E-state index contributed by atoms with van der Waals surface area (Å²) in [6.45, 7) is 6.61. The molecule has 0 aliphatic heterocycles. The summed E-state index contributed by atoms with van der Waals surface area (Å²) in [7, 11) is -3.32. The molecule has 0 aromatic heterocycles. The molecule has 0 radical (unpaired) electrons. The zero-order valence-corrected chi connectivity index (χ0v) is 7.06. The third-order valence-electron chi connectivity index (χ3n) is 0.749. The van der Waals surface area contributed by atoms with E-state index in [2.05, 4.69) is 24.0 Å². The van der Waals surface area contributed by atoms with E-state index in [0.29, 0.717) is 0 Å². The third-order valence-corrected chi connectivity index (χ3v) is 1.62. The Kier molecular flexibility index (Phi) is 3.63. The van der Waals surface area contributed by atoms with Gasteiger partial charge in [0, 0.05) is 12.4 Å². The lowest BCUT2D eigenvalue weighted by molar-refractivity contribution is 0.313. The minimum absolute atomic E-state index is 0.785. The number of rotatable bonds is 5.